The number of rotatable bonds is 4. The van der Waals surface area contributed by atoms with Crippen LogP contribution in [-0.4, -0.2) is 41.4 Å². The molecule has 2 aromatic rings. The van der Waals surface area contributed by atoms with E-state index in [0.29, 0.717) is 16.4 Å². The Kier molecular flexibility index (Phi) is 4.56. The fraction of sp³-hybridized carbons (Fsp3) is 0.211. The van der Waals surface area contributed by atoms with Gasteiger partial charge in [-0.3, -0.25) is 19.4 Å². The maximum atomic E-state index is 12.9. The number of benzene rings is 2. The maximum absolute atomic E-state index is 12.9. The monoisotopic (exact) mass is 397 g/mol. The number of imide groups is 1. The Morgan fingerprint density at radius 1 is 1.14 bits per heavy atom. The number of carbonyl (C=O) groups is 3. The van der Waals surface area contributed by atoms with E-state index in [1.807, 2.05) is 19.1 Å². The van der Waals surface area contributed by atoms with Gasteiger partial charge in [-0.1, -0.05) is 40.6 Å². The van der Waals surface area contributed by atoms with Crippen molar-refractivity contribution in [1.29, 1.82) is 0 Å². The highest BCUT2D eigenvalue weighted by molar-refractivity contribution is 6.31. The Bertz CT molecular complexity index is 991. The van der Waals surface area contributed by atoms with Crippen molar-refractivity contribution in [2.24, 2.45) is 10.3 Å². The van der Waals surface area contributed by atoms with Crippen molar-refractivity contribution in [2.75, 3.05) is 16.8 Å². The van der Waals surface area contributed by atoms with Crippen LogP contribution >= 0.6 is 11.6 Å². The van der Waals surface area contributed by atoms with Gasteiger partial charge in [0.1, 0.15) is 6.54 Å². The lowest BCUT2D eigenvalue weighted by atomic mass is 10.1. The van der Waals surface area contributed by atoms with Crippen molar-refractivity contribution < 1.29 is 14.4 Å². The molecule has 1 saturated heterocycles. The molecule has 9 heteroatoms. The Hall–Kier alpha value is -3.26. The number of halogens is 1. The van der Waals surface area contributed by atoms with Crippen LogP contribution in [-0.2, 0) is 14.4 Å². The number of hydrogen-bond acceptors (Lipinski definition) is 6. The lowest BCUT2D eigenvalue weighted by Gasteiger charge is -2.20. The predicted molar refractivity (Wildman–Crippen MR) is 103 cm³/mol. The Morgan fingerprint density at radius 3 is 2.61 bits per heavy atom. The molecule has 2 heterocycles. The summed E-state index contributed by atoms with van der Waals surface area (Å²) in [6, 6.07) is 11.9. The Labute approximate surface area is 165 Å². The minimum atomic E-state index is -0.960. The van der Waals surface area contributed by atoms with Gasteiger partial charge >= 0.3 is 0 Å². The fourth-order valence-corrected chi connectivity index (χ4v) is 3.39. The normalized spacial score (nSPS) is 20.6. The van der Waals surface area contributed by atoms with Gasteiger partial charge in [0.2, 0.25) is 5.91 Å². The topological polar surface area (TPSA) is 94.4 Å². The van der Waals surface area contributed by atoms with E-state index in [-0.39, 0.29) is 12.5 Å². The van der Waals surface area contributed by atoms with Crippen LogP contribution < -0.4 is 10.2 Å². The molecule has 3 amide bonds. The third kappa shape index (κ3) is 3.22. The minimum absolute atomic E-state index is 0.194. The number of carbonyl (C=O) groups excluding carboxylic acids is 3. The van der Waals surface area contributed by atoms with Gasteiger partial charge in [-0.25, -0.2) is 4.90 Å². The third-order valence-electron chi connectivity index (χ3n) is 4.57. The molecular formula is C19H16ClN5O3. The fourth-order valence-electron chi connectivity index (χ4n) is 3.21. The van der Waals surface area contributed by atoms with Gasteiger partial charge < -0.3 is 5.32 Å². The molecule has 1 N–H and O–H groups in total. The van der Waals surface area contributed by atoms with Crippen LogP contribution in [0.4, 0.5) is 11.4 Å². The first-order valence-electron chi connectivity index (χ1n) is 8.61. The van der Waals surface area contributed by atoms with Crippen LogP contribution in [0.2, 0.25) is 5.02 Å². The molecule has 8 nitrogen and oxygen atoms in total. The van der Waals surface area contributed by atoms with E-state index in [2.05, 4.69) is 15.7 Å². The molecule has 2 aliphatic heterocycles. The van der Waals surface area contributed by atoms with Crippen LogP contribution in [0.25, 0.3) is 0 Å². The molecule has 1 fully saturated rings. The predicted octanol–water partition coefficient (Wildman–Crippen LogP) is 2.58. The lowest BCUT2D eigenvalue weighted by molar-refractivity contribution is -0.123. The first kappa shape index (κ1) is 18.1. The number of aryl methyl sites for hydroxylation is 1. The van der Waals surface area contributed by atoms with Crippen LogP contribution in [0.3, 0.4) is 0 Å². The second-order valence-corrected chi connectivity index (χ2v) is 7.03. The van der Waals surface area contributed by atoms with Crippen molar-refractivity contribution >= 4 is 40.7 Å². The lowest BCUT2D eigenvalue weighted by Crippen LogP contribution is -2.43. The summed E-state index contributed by atoms with van der Waals surface area (Å²) >= 11 is 5.97. The van der Waals surface area contributed by atoms with Crippen LogP contribution in [0.5, 0.6) is 0 Å². The molecule has 0 aromatic heterocycles. The van der Waals surface area contributed by atoms with Gasteiger partial charge in [0.15, 0.2) is 12.1 Å². The van der Waals surface area contributed by atoms with Gasteiger partial charge in [0.05, 0.1) is 5.69 Å². The smallest absolute Gasteiger partial charge is 0.263 e. The molecule has 4 rings (SSSR count). The number of amides is 3. The van der Waals surface area contributed by atoms with Gasteiger partial charge in [-0.05, 0) is 37.3 Å². The van der Waals surface area contributed by atoms with Crippen LogP contribution in [0.15, 0.2) is 58.9 Å². The molecule has 142 valence electrons. The number of hydrogen-bond donors (Lipinski definition) is 1. The van der Waals surface area contributed by atoms with Gasteiger partial charge in [-0.15, -0.1) is 0 Å². The molecule has 0 saturated carbocycles. The molecule has 0 unspecified atom stereocenters. The highest BCUT2D eigenvalue weighted by Crippen LogP contribution is 2.32. The molecule has 2 aromatic carbocycles. The van der Waals surface area contributed by atoms with Crippen LogP contribution in [0.1, 0.15) is 5.56 Å². The second-order valence-electron chi connectivity index (χ2n) is 6.60. The zero-order valence-electron chi connectivity index (χ0n) is 14.9. The first-order chi connectivity index (χ1) is 13.4. The summed E-state index contributed by atoms with van der Waals surface area (Å²) in [5.74, 6) is -1.32. The first-order valence-corrected chi connectivity index (χ1v) is 8.99. The van der Waals surface area contributed by atoms with E-state index in [4.69, 9.17) is 11.6 Å². The molecule has 0 radical (unpaired) electrons. The van der Waals surface area contributed by atoms with Crippen LogP contribution in [0, 0.1) is 6.92 Å². The number of fused-ring (bicyclic) bond motifs is 1. The highest BCUT2D eigenvalue weighted by Gasteiger charge is 2.55. The average molecular weight is 398 g/mol. The highest BCUT2D eigenvalue weighted by atomic mass is 35.5. The molecule has 0 bridgehead atoms. The molecule has 2 aliphatic rings. The third-order valence-corrected chi connectivity index (χ3v) is 4.80. The summed E-state index contributed by atoms with van der Waals surface area (Å²) in [6.45, 7) is 1.76. The summed E-state index contributed by atoms with van der Waals surface area (Å²) in [5.41, 5.74) is 2.08. The summed E-state index contributed by atoms with van der Waals surface area (Å²) < 4.78 is 0. The molecule has 0 spiro atoms. The minimum Gasteiger partial charge on any atom is -0.324 e. The van der Waals surface area contributed by atoms with Crippen molar-refractivity contribution in [2.45, 2.75) is 19.0 Å². The van der Waals surface area contributed by atoms with Gasteiger partial charge in [0.25, 0.3) is 11.8 Å². The van der Waals surface area contributed by atoms with Gasteiger partial charge in [-0.2, -0.15) is 5.11 Å². The largest absolute Gasteiger partial charge is 0.324 e. The van der Waals surface area contributed by atoms with E-state index < -0.39 is 23.9 Å². The van der Waals surface area contributed by atoms with E-state index in [9.17, 15) is 14.4 Å². The standard InChI is InChI=1S/C19H16ClN5O3/c1-11-5-7-13(8-6-11)21-15(26)10-24-17-16(22-23-24)18(27)25(19(17)28)14-4-2-3-12(20)9-14/h2-9,16-17H,10H2,1H3,(H,21,26)/t16-,17-/m1/s1. The molecule has 28 heavy (non-hydrogen) atoms. The van der Waals surface area contributed by atoms with E-state index >= 15 is 0 Å². The molecular weight excluding hydrogens is 382 g/mol. The Morgan fingerprint density at radius 2 is 1.89 bits per heavy atom. The summed E-state index contributed by atoms with van der Waals surface area (Å²) in [5, 5.41) is 12.2. The van der Waals surface area contributed by atoms with Crippen molar-refractivity contribution in [3.05, 3.63) is 59.1 Å². The average Bonchev–Trinajstić information content (AvgIpc) is 3.17. The van der Waals surface area contributed by atoms with Crippen molar-refractivity contribution in [3.63, 3.8) is 0 Å². The molecule has 0 aliphatic carbocycles. The van der Waals surface area contributed by atoms with Crippen molar-refractivity contribution in [3.8, 4) is 0 Å². The maximum Gasteiger partial charge on any atom is 0.263 e. The summed E-state index contributed by atoms with van der Waals surface area (Å²) in [6.07, 6.45) is 0. The number of anilines is 2. The number of nitrogens with one attached hydrogen (secondary N) is 1. The second kappa shape index (κ2) is 7.05. The SMILES string of the molecule is Cc1ccc(NC(=O)CN2N=N[C@H]3C(=O)N(c4cccc(Cl)c4)C(=O)[C@@H]32)cc1. The van der Waals surface area contributed by atoms with E-state index in [0.717, 1.165) is 10.5 Å². The van der Waals surface area contributed by atoms with Gasteiger partial charge in [0, 0.05) is 10.7 Å². The summed E-state index contributed by atoms with van der Waals surface area (Å²) in [7, 11) is 0. The zero-order chi connectivity index (χ0) is 19.8. The zero-order valence-corrected chi connectivity index (χ0v) is 15.6. The summed E-state index contributed by atoms with van der Waals surface area (Å²) in [4.78, 5) is 38.9. The number of nitrogens with zero attached hydrogens (tertiary/aromatic N) is 4. The molecule has 2 atom stereocenters. The quantitative estimate of drug-likeness (QED) is 0.802. The van der Waals surface area contributed by atoms with E-state index in [1.54, 1.807) is 30.3 Å². The Balaban J connectivity index is 1.49. The van der Waals surface area contributed by atoms with E-state index in [1.165, 1.54) is 11.1 Å². The van der Waals surface area contributed by atoms with Crippen molar-refractivity contribution in [1.82, 2.24) is 5.01 Å².